The first-order chi connectivity index (χ1) is 6.13. The Morgan fingerprint density at radius 3 is 2.54 bits per heavy atom. The van der Waals surface area contributed by atoms with Gasteiger partial charge in [-0.25, -0.2) is 0 Å². The highest BCUT2D eigenvalue weighted by atomic mass is 28.3. The van der Waals surface area contributed by atoms with Gasteiger partial charge in [0, 0.05) is 6.61 Å². The Bertz CT molecular complexity index is 207. The highest BCUT2D eigenvalue weighted by Gasteiger charge is 2.43. The zero-order valence-electron chi connectivity index (χ0n) is 8.21. The Morgan fingerprint density at radius 2 is 2.15 bits per heavy atom. The van der Waals surface area contributed by atoms with Crippen LogP contribution >= 0.6 is 0 Å². The summed E-state index contributed by atoms with van der Waals surface area (Å²) in [7, 11) is -1.27. The second kappa shape index (κ2) is 4.15. The fourth-order valence-corrected chi connectivity index (χ4v) is 3.72. The minimum absolute atomic E-state index is 0.339. The maximum atomic E-state index is 11.5. The van der Waals surface area contributed by atoms with Crippen LogP contribution in [0.3, 0.4) is 0 Å². The van der Waals surface area contributed by atoms with Crippen molar-refractivity contribution in [2.75, 3.05) is 6.61 Å². The van der Waals surface area contributed by atoms with Crippen LogP contribution in [0.1, 0.15) is 19.3 Å². The Hall–Kier alpha value is -0.483. The lowest BCUT2D eigenvalue weighted by atomic mass is 10.1. The van der Waals surface area contributed by atoms with Crippen molar-refractivity contribution in [1.29, 1.82) is 0 Å². The van der Waals surface area contributed by atoms with Gasteiger partial charge in [0.2, 0.25) is 5.78 Å². The number of rotatable bonds is 3. The highest BCUT2D eigenvalue weighted by Crippen LogP contribution is 2.28. The summed E-state index contributed by atoms with van der Waals surface area (Å²) in [5.41, 5.74) is 0. The van der Waals surface area contributed by atoms with Crippen molar-refractivity contribution in [3.05, 3.63) is 0 Å². The molecule has 0 bridgehead atoms. The quantitative estimate of drug-likeness (QED) is 0.383. The van der Waals surface area contributed by atoms with Gasteiger partial charge in [-0.05, 0) is 19.3 Å². The number of Topliss-reactive ketones (excluding diaryl/α,β-unsaturated/α-hetero) is 1. The van der Waals surface area contributed by atoms with Crippen molar-refractivity contribution in [2.24, 2.45) is 0 Å². The molecule has 0 amide bonds. The molecule has 0 N–H and O–H groups in total. The number of carbonyl (C=O) groups excluding carboxylic acids is 2. The van der Waals surface area contributed by atoms with Gasteiger partial charge < -0.3 is 4.74 Å². The number of ketones is 1. The molecule has 1 atom stereocenters. The van der Waals surface area contributed by atoms with Crippen LogP contribution in [0.4, 0.5) is 0 Å². The average Bonchev–Trinajstić information content (AvgIpc) is 2.17. The van der Waals surface area contributed by atoms with Gasteiger partial charge in [-0.3, -0.25) is 9.59 Å². The van der Waals surface area contributed by atoms with Crippen molar-refractivity contribution in [3.8, 4) is 0 Å². The van der Waals surface area contributed by atoms with Gasteiger partial charge in [-0.15, -0.1) is 0 Å². The molecule has 1 fully saturated rings. The second-order valence-corrected chi connectivity index (χ2v) is 7.07. The van der Waals surface area contributed by atoms with Gasteiger partial charge >= 0.3 is 0 Å². The number of aldehydes is 1. The van der Waals surface area contributed by atoms with Crippen LogP contribution in [-0.4, -0.2) is 32.7 Å². The third-order valence-corrected chi connectivity index (χ3v) is 5.36. The molecule has 0 aliphatic carbocycles. The first-order valence-corrected chi connectivity index (χ1v) is 7.65. The average molecular weight is 200 g/mol. The van der Waals surface area contributed by atoms with E-state index in [1.165, 1.54) is 0 Å². The lowest BCUT2D eigenvalue weighted by Crippen LogP contribution is -2.54. The minimum atomic E-state index is -1.27. The van der Waals surface area contributed by atoms with E-state index in [0.29, 0.717) is 12.9 Å². The maximum absolute atomic E-state index is 11.5. The summed E-state index contributed by atoms with van der Waals surface area (Å²) in [6.45, 7) is 4.75. The zero-order chi connectivity index (χ0) is 9.90. The van der Waals surface area contributed by atoms with E-state index in [9.17, 15) is 9.59 Å². The first kappa shape index (κ1) is 10.6. The number of hydrogen-bond donors (Lipinski definition) is 0. The summed E-state index contributed by atoms with van der Waals surface area (Å²) in [5.74, 6) is -0.339. The van der Waals surface area contributed by atoms with Crippen molar-refractivity contribution < 1.29 is 14.3 Å². The van der Waals surface area contributed by atoms with Crippen LogP contribution in [0.15, 0.2) is 0 Å². The predicted octanol–water partition coefficient (Wildman–Crippen LogP) is 0.720. The Morgan fingerprint density at radius 1 is 1.46 bits per heavy atom. The lowest BCUT2D eigenvalue weighted by molar-refractivity contribution is -0.144. The molecule has 0 aromatic carbocycles. The molecular formula is C9H16O3Si. The molecule has 1 unspecified atom stereocenters. The van der Waals surface area contributed by atoms with E-state index >= 15 is 0 Å². The van der Waals surface area contributed by atoms with E-state index in [0.717, 1.165) is 19.3 Å². The normalized spacial score (nSPS) is 28.8. The summed E-state index contributed by atoms with van der Waals surface area (Å²) in [6, 6.07) is 0. The fraction of sp³-hybridized carbons (Fsp3) is 0.778. The molecule has 0 saturated carbocycles. The van der Waals surface area contributed by atoms with Crippen molar-refractivity contribution in [3.63, 3.8) is 0 Å². The van der Waals surface area contributed by atoms with Crippen molar-refractivity contribution >= 4 is 20.9 Å². The van der Waals surface area contributed by atoms with Crippen molar-refractivity contribution in [2.45, 2.75) is 37.6 Å². The molecule has 74 valence electrons. The molecule has 0 aromatic rings. The van der Waals surface area contributed by atoms with Crippen LogP contribution in [0, 0.1) is 0 Å². The van der Waals surface area contributed by atoms with Crippen LogP contribution in [0.25, 0.3) is 0 Å². The third kappa shape index (κ3) is 1.89. The molecule has 13 heavy (non-hydrogen) atoms. The van der Waals surface area contributed by atoms with E-state index in [4.69, 9.17) is 4.74 Å². The summed E-state index contributed by atoms with van der Waals surface area (Å²) in [5, 5.41) is -0.681. The molecule has 0 spiro atoms. The predicted molar refractivity (Wildman–Crippen MR) is 52.5 cm³/mol. The molecule has 4 heteroatoms. The molecule has 1 heterocycles. The Labute approximate surface area is 80.1 Å². The summed E-state index contributed by atoms with van der Waals surface area (Å²) >= 11 is 0. The van der Waals surface area contributed by atoms with Crippen LogP contribution in [0.2, 0.25) is 13.1 Å². The monoisotopic (exact) mass is 200 g/mol. The van der Waals surface area contributed by atoms with E-state index in [1.54, 1.807) is 0 Å². The minimum Gasteiger partial charge on any atom is -0.371 e. The standard InChI is InChI=1S/C9H16O3Si/c1-13(2)9(8(11)7-10)5-3-4-6-12-9/h7,13H,3-6H2,1-2H3. The van der Waals surface area contributed by atoms with Gasteiger partial charge in [0.1, 0.15) is 5.22 Å². The Kier molecular flexibility index (Phi) is 3.38. The molecule has 1 aliphatic heterocycles. The molecule has 0 radical (unpaired) electrons. The van der Waals surface area contributed by atoms with Crippen LogP contribution in [-0.2, 0) is 14.3 Å². The summed E-state index contributed by atoms with van der Waals surface area (Å²) in [4.78, 5) is 22.0. The first-order valence-electron chi connectivity index (χ1n) is 4.77. The number of ether oxygens (including phenoxy) is 1. The zero-order valence-corrected chi connectivity index (χ0v) is 9.36. The van der Waals surface area contributed by atoms with Gasteiger partial charge in [0.05, 0.1) is 8.80 Å². The second-order valence-electron chi connectivity index (χ2n) is 3.83. The molecule has 1 aliphatic rings. The van der Waals surface area contributed by atoms with Crippen molar-refractivity contribution in [1.82, 2.24) is 0 Å². The van der Waals surface area contributed by atoms with Gasteiger partial charge in [-0.2, -0.15) is 0 Å². The summed E-state index contributed by atoms with van der Waals surface area (Å²) in [6.07, 6.45) is 3.19. The molecule has 3 nitrogen and oxygen atoms in total. The van der Waals surface area contributed by atoms with Crippen LogP contribution in [0.5, 0.6) is 0 Å². The molecule has 1 rings (SSSR count). The van der Waals surface area contributed by atoms with Gasteiger partial charge in [0.15, 0.2) is 6.29 Å². The fourth-order valence-electron chi connectivity index (χ4n) is 1.85. The van der Waals surface area contributed by atoms with Crippen LogP contribution < -0.4 is 0 Å². The van der Waals surface area contributed by atoms with Gasteiger partial charge in [-0.1, -0.05) is 13.1 Å². The SMILES string of the molecule is C[SiH](C)C1(C(=O)C=O)CCCCO1. The van der Waals surface area contributed by atoms with E-state index in [1.807, 2.05) is 0 Å². The third-order valence-electron chi connectivity index (χ3n) is 2.76. The van der Waals surface area contributed by atoms with E-state index in [2.05, 4.69) is 13.1 Å². The molecule has 0 aromatic heterocycles. The maximum Gasteiger partial charge on any atom is 0.223 e. The largest absolute Gasteiger partial charge is 0.371 e. The lowest BCUT2D eigenvalue weighted by Gasteiger charge is -2.37. The Balaban J connectivity index is 2.85. The smallest absolute Gasteiger partial charge is 0.223 e. The van der Waals surface area contributed by atoms with E-state index in [-0.39, 0.29) is 5.78 Å². The topological polar surface area (TPSA) is 43.4 Å². The number of carbonyl (C=O) groups is 2. The molecule has 1 saturated heterocycles. The summed E-state index contributed by atoms with van der Waals surface area (Å²) < 4.78 is 5.56. The van der Waals surface area contributed by atoms with Gasteiger partial charge in [0.25, 0.3) is 0 Å². The number of hydrogen-bond acceptors (Lipinski definition) is 3. The van der Waals surface area contributed by atoms with E-state index < -0.39 is 14.0 Å². The molecular weight excluding hydrogens is 184 g/mol. The highest BCUT2D eigenvalue weighted by molar-refractivity contribution is 6.67.